The molecule has 3 aromatic rings. The third-order valence-corrected chi connectivity index (χ3v) is 4.66. The number of halogens is 2. The Kier molecular flexibility index (Phi) is 8.26. The molecule has 2 amide bonds. The molecule has 0 aliphatic carbocycles. The van der Waals surface area contributed by atoms with Gasteiger partial charge in [-0.2, -0.15) is 0 Å². The number of carbonyl (C=O) groups is 2. The Morgan fingerprint density at radius 3 is 2.61 bits per heavy atom. The second-order valence-electron chi connectivity index (χ2n) is 6.87. The summed E-state index contributed by atoms with van der Waals surface area (Å²) in [5, 5.41) is 8.69. The van der Waals surface area contributed by atoms with E-state index in [1.54, 1.807) is 55.1 Å². The summed E-state index contributed by atoms with van der Waals surface area (Å²) in [5.41, 5.74) is 3.11. The van der Waals surface area contributed by atoms with Crippen molar-refractivity contribution in [2.24, 2.45) is 0 Å². The Balaban J connectivity index is 1.67. The molecular weight excluding hydrogens is 445 g/mol. The highest BCUT2D eigenvalue weighted by molar-refractivity contribution is 6.33. The van der Waals surface area contributed by atoms with Crippen LogP contribution in [0.3, 0.4) is 0 Å². The largest absolute Gasteiger partial charge is 0.386 e. The number of anilines is 1. The summed E-state index contributed by atoms with van der Waals surface area (Å²) >= 11 is 6.38. The average molecular weight is 466 g/mol. The highest BCUT2D eigenvalue weighted by atomic mass is 35.5. The molecule has 3 N–H and O–H groups in total. The molecule has 168 valence electrons. The molecule has 7 nitrogen and oxygen atoms in total. The highest BCUT2D eigenvalue weighted by Crippen LogP contribution is 2.32. The van der Waals surface area contributed by atoms with E-state index in [4.69, 9.17) is 11.6 Å². The first-order valence-electron chi connectivity index (χ1n) is 9.91. The van der Waals surface area contributed by atoms with E-state index in [9.17, 15) is 14.0 Å². The zero-order valence-corrected chi connectivity index (χ0v) is 18.4. The van der Waals surface area contributed by atoms with Crippen molar-refractivity contribution in [2.45, 2.75) is 13.5 Å². The lowest BCUT2D eigenvalue weighted by molar-refractivity contribution is -0.115. The molecule has 0 unspecified atom stereocenters. The lowest BCUT2D eigenvalue weighted by Gasteiger charge is -2.11. The van der Waals surface area contributed by atoms with Crippen LogP contribution in [0.15, 0.2) is 73.5 Å². The minimum absolute atomic E-state index is 0.271. The van der Waals surface area contributed by atoms with Gasteiger partial charge in [0.1, 0.15) is 5.82 Å². The molecule has 0 aliphatic heterocycles. The van der Waals surface area contributed by atoms with Gasteiger partial charge in [-0.1, -0.05) is 23.7 Å². The minimum Gasteiger partial charge on any atom is -0.386 e. The number of aromatic nitrogens is 2. The van der Waals surface area contributed by atoms with Gasteiger partial charge in [-0.15, -0.1) is 0 Å². The van der Waals surface area contributed by atoms with E-state index in [2.05, 4.69) is 25.9 Å². The molecular formula is C24H21ClFN5O2. The van der Waals surface area contributed by atoms with Gasteiger partial charge in [0.2, 0.25) is 11.8 Å². The van der Waals surface area contributed by atoms with Crippen LogP contribution in [0.4, 0.5) is 10.1 Å². The summed E-state index contributed by atoms with van der Waals surface area (Å²) in [7, 11) is 0. The zero-order valence-electron chi connectivity index (χ0n) is 17.7. The van der Waals surface area contributed by atoms with Gasteiger partial charge in [0, 0.05) is 55.6 Å². The fourth-order valence-corrected chi connectivity index (χ4v) is 3.10. The number of hydrogen-bond acceptors (Lipinski definition) is 5. The highest BCUT2D eigenvalue weighted by Gasteiger charge is 2.11. The monoisotopic (exact) mass is 465 g/mol. The maximum Gasteiger partial charge on any atom is 0.247 e. The van der Waals surface area contributed by atoms with Crippen LogP contribution in [-0.2, 0) is 16.1 Å². The smallest absolute Gasteiger partial charge is 0.247 e. The van der Waals surface area contributed by atoms with Gasteiger partial charge in [0.05, 0.1) is 16.9 Å². The molecule has 2 aromatic carbocycles. The topological polar surface area (TPSA) is 96.0 Å². The number of rotatable bonds is 8. The molecule has 0 spiro atoms. The summed E-state index contributed by atoms with van der Waals surface area (Å²) in [5.74, 6) is -0.938. The van der Waals surface area contributed by atoms with Crippen molar-refractivity contribution >= 4 is 35.2 Å². The van der Waals surface area contributed by atoms with Crippen LogP contribution in [-0.4, -0.2) is 21.8 Å². The SMILES string of the molecule is CC(=O)Nc1cc(Cl)c(-c2cnccn2)cc1/C=C/C(=O)N/C=C/NCc1ccc(F)cc1. The van der Waals surface area contributed by atoms with Crippen molar-refractivity contribution in [1.82, 2.24) is 20.6 Å². The Bertz CT molecular complexity index is 1180. The van der Waals surface area contributed by atoms with Gasteiger partial charge < -0.3 is 16.0 Å². The predicted molar refractivity (Wildman–Crippen MR) is 126 cm³/mol. The van der Waals surface area contributed by atoms with E-state index >= 15 is 0 Å². The molecule has 0 fully saturated rings. The van der Waals surface area contributed by atoms with Crippen molar-refractivity contribution in [3.05, 3.63) is 95.4 Å². The van der Waals surface area contributed by atoms with E-state index in [1.165, 1.54) is 31.3 Å². The summed E-state index contributed by atoms with van der Waals surface area (Å²) in [6, 6.07) is 9.44. The van der Waals surface area contributed by atoms with Gasteiger partial charge >= 0.3 is 0 Å². The molecule has 1 heterocycles. The summed E-state index contributed by atoms with van der Waals surface area (Å²) in [4.78, 5) is 32.1. The van der Waals surface area contributed by atoms with Crippen LogP contribution in [0.5, 0.6) is 0 Å². The maximum absolute atomic E-state index is 12.9. The fourth-order valence-electron chi connectivity index (χ4n) is 2.84. The fraction of sp³-hybridized carbons (Fsp3) is 0.0833. The third kappa shape index (κ3) is 7.26. The van der Waals surface area contributed by atoms with Crippen molar-refractivity contribution in [1.29, 1.82) is 0 Å². The Hall–Kier alpha value is -4.04. The summed E-state index contributed by atoms with van der Waals surface area (Å²) < 4.78 is 12.9. The maximum atomic E-state index is 12.9. The second-order valence-corrected chi connectivity index (χ2v) is 7.28. The van der Waals surface area contributed by atoms with E-state index in [1.807, 2.05) is 0 Å². The van der Waals surface area contributed by atoms with Crippen LogP contribution in [0.25, 0.3) is 17.3 Å². The van der Waals surface area contributed by atoms with Gasteiger partial charge in [-0.25, -0.2) is 4.39 Å². The molecule has 0 atom stereocenters. The molecule has 0 saturated carbocycles. The lowest BCUT2D eigenvalue weighted by Crippen LogP contribution is -2.15. The van der Waals surface area contributed by atoms with Crippen molar-refractivity contribution < 1.29 is 14.0 Å². The minimum atomic E-state index is -0.375. The van der Waals surface area contributed by atoms with Gasteiger partial charge in [0.25, 0.3) is 0 Å². The molecule has 33 heavy (non-hydrogen) atoms. The quantitative estimate of drug-likeness (QED) is 0.431. The number of amides is 2. The van der Waals surface area contributed by atoms with Crippen molar-refractivity contribution in [2.75, 3.05) is 5.32 Å². The van der Waals surface area contributed by atoms with Crippen LogP contribution in [0.1, 0.15) is 18.1 Å². The molecule has 0 saturated heterocycles. The molecule has 1 aromatic heterocycles. The van der Waals surface area contributed by atoms with E-state index in [-0.39, 0.29) is 17.6 Å². The number of carbonyl (C=O) groups excluding carboxylic acids is 2. The van der Waals surface area contributed by atoms with E-state index in [0.29, 0.717) is 34.1 Å². The van der Waals surface area contributed by atoms with Crippen LogP contribution >= 0.6 is 11.6 Å². The molecule has 0 radical (unpaired) electrons. The van der Waals surface area contributed by atoms with Crippen molar-refractivity contribution in [3.63, 3.8) is 0 Å². The van der Waals surface area contributed by atoms with E-state index < -0.39 is 0 Å². The Morgan fingerprint density at radius 1 is 1.12 bits per heavy atom. The van der Waals surface area contributed by atoms with Crippen LogP contribution in [0.2, 0.25) is 5.02 Å². The normalized spacial score (nSPS) is 11.0. The summed E-state index contributed by atoms with van der Waals surface area (Å²) in [6.45, 7) is 1.87. The Labute approximate surface area is 195 Å². The molecule has 3 rings (SSSR count). The molecule has 9 heteroatoms. The number of hydrogen-bond donors (Lipinski definition) is 3. The van der Waals surface area contributed by atoms with Gasteiger partial charge in [-0.05, 0) is 41.5 Å². The number of nitrogens with zero attached hydrogens (tertiary/aromatic N) is 2. The average Bonchev–Trinajstić information content (AvgIpc) is 2.79. The standard InChI is InChI=1S/C24H21ClFN5O2/c1-16(32)31-22-13-21(25)20(23-15-28-8-10-29-23)12-18(22)4-7-24(33)30-11-9-27-14-17-2-5-19(26)6-3-17/h2-13,15,27H,14H2,1H3,(H,30,33)(H,31,32)/b7-4+,11-9+. The molecule has 0 bridgehead atoms. The Morgan fingerprint density at radius 2 is 1.91 bits per heavy atom. The zero-order chi connectivity index (χ0) is 23.6. The second kappa shape index (κ2) is 11.5. The first kappa shape index (κ1) is 23.6. The van der Waals surface area contributed by atoms with E-state index in [0.717, 1.165) is 5.56 Å². The van der Waals surface area contributed by atoms with Gasteiger partial charge in [0.15, 0.2) is 0 Å². The number of nitrogens with one attached hydrogen (secondary N) is 3. The third-order valence-electron chi connectivity index (χ3n) is 4.35. The first-order valence-corrected chi connectivity index (χ1v) is 10.3. The van der Waals surface area contributed by atoms with Crippen LogP contribution < -0.4 is 16.0 Å². The van der Waals surface area contributed by atoms with Gasteiger partial charge in [-0.3, -0.25) is 19.6 Å². The summed E-state index contributed by atoms with van der Waals surface area (Å²) in [6.07, 6.45) is 10.6. The van der Waals surface area contributed by atoms with Crippen molar-refractivity contribution in [3.8, 4) is 11.3 Å². The molecule has 0 aliphatic rings. The van der Waals surface area contributed by atoms with Crippen LogP contribution in [0, 0.1) is 5.82 Å². The number of benzene rings is 2. The predicted octanol–water partition coefficient (Wildman–Crippen LogP) is 4.28. The lowest BCUT2D eigenvalue weighted by atomic mass is 10.1. The first-order chi connectivity index (χ1) is 15.9.